The number of amides is 1. The normalized spacial score (nSPS) is 45.1. The molecule has 2 fully saturated rings. The molecule has 1 amide bonds. The number of hydrogen-bond donors (Lipinski definition) is 1. The average molecular weight is 371 g/mol. The Morgan fingerprint density at radius 2 is 1.85 bits per heavy atom. The molecule has 0 unspecified atom stereocenters. The maximum absolute atomic E-state index is 12.7. The molecule has 1 N–H and O–H groups in total. The number of ether oxygens (including phenoxy) is 1. The summed E-state index contributed by atoms with van der Waals surface area (Å²) >= 11 is 0. The largest absolute Gasteiger partial charge is 0.451 e. The van der Waals surface area contributed by atoms with Gasteiger partial charge in [0.25, 0.3) is 0 Å². The van der Waals surface area contributed by atoms with Crippen LogP contribution in [0.25, 0.3) is 0 Å². The highest BCUT2D eigenvalue weighted by molar-refractivity contribution is 5.90. The smallest absolute Gasteiger partial charge is 0.303 e. The van der Waals surface area contributed by atoms with Crippen molar-refractivity contribution in [2.75, 3.05) is 6.54 Å². The predicted molar refractivity (Wildman–Crippen MR) is 101 cm³/mol. The van der Waals surface area contributed by atoms with Gasteiger partial charge in [-0.25, -0.2) is 0 Å². The van der Waals surface area contributed by atoms with Crippen molar-refractivity contribution < 1.29 is 19.1 Å². The molecule has 5 nitrogen and oxygen atoms in total. The third kappa shape index (κ3) is 2.33. The highest BCUT2D eigenvalue weighted by atomic mass is 16.6. The first kappa shape index (κ1) is 18.5. The van der Waals surface area contributed by atoms with Crippen LogP contribution in [-0.4, -0.2) is 29.8 Å². The van der Waals surface area contributed by atoms with Crippen LogP contribution in [-0.2, 0) is 19.1 Å². The lowest BCUT2D eigenvalue weighted by Crippen LogP contribution is -2.59. The van der Waals surface area contributed by atoms with Crippen LogP contribution in [0.15, 0.2) is 23.8 Å². The van der Waals surface area contributed by atoms with Gasteiger partial charge in [0.15, 0.2) is 11.4 Å². The number of rotatable bonds is 2. The Hall–Kier alpha value is -1.91. The van der Waals surface area contributed by atoms with E-state index in [9.17, 15) is 14.4 Å². The molecule has 6 atom stereocenters. The van der Waals surface area contributed by atoms with E-state index < -0.39 is 5.60 Å². The molecular formula is C22H29NO4. The van der Waals surface area contributed by atoms with Crippen molar-refractivity contribution in [2.45, 2.75) is 59.0 Å². The summed E-state index contributed by atoms with van der Waals surface area (Å²) in [5.74, 6) is 0.632. The third-order valence-electron chi connectivity index (χ3n) is 8.23. The zero-order chi connectivity index (χ0) is 19.6. The molecule has 0 aromatic heterocycles. The molecule has 5 heteroatoms. The van der Waals surface area contributed by atoms with Crippen molar-refractivity contribution in [3.8, 4) is 0 Å². The van der Waals surface area contributed by atoms with Gasteiger partial charge in [0.05, 0.1) is 0 Å². The first-order chi connectivity index (χ1) is 12.6. The fraction of sp³-hybridized carbons (Fsp3) is 0.682. The second-order valence-corrected chi connectivity index (χ2v) is 9.36. The van der Waals surface area contributed by atoms with Crippen molar-refractivity contribution >= 4 is 17.7 Å². The molecule has 3 aliphatic carbocycles. The zero-order valence-corrected chi connectivity index (χ0v) is 16.6. The highest BCUT2D eigenvalue weighted by Gasteiger charge is 2.67. The number of allylic oxidation sites excluding steroid dienone is 2. The summed E-state index contributed by atoms with van der Waals surface area (Å²) in [6.45, 7) is 8.03. The first-order valence-electron chi connectivity index (χ1n) is 10.0. The van der Waals surface area contributed by atoms with Gasteiger partial charge < -0.3 is 10.1 Å². The van der Waals surface area contributed by atoms with Crippen molar-refractivity contribution in [3.63, 3.8) is 0 Å². The molecule has 1 heterocycles. The number of ketones is 1. The lowest BCUT2D eigenvalue weighted by Gasteiger charge is -2.57. The number of nitrogens with one attached hydrogen (secondary N) is 1. The molecular weight excluding hydrogens is 342 g/mol. The Kier molecular flexibility index (Phi) is 3.96. The van der Waals surface area contributed by atoms with Gasteiger partial charge in [-0.1, -0.05) is 26.0 Å². The van der Waals surface area contributed by atoms with E-state index in [2.05, 4.69) is 31.3 Å². The SMILES string of the molecule is CC(=O)O[C@]1(C(C)=O)CC[C@H]2[C@@H]3C=CC4=CC(=O)NC[C@]4(C)[C@H]3CC[C@@]21C. The van der Waals surface area contributed by atoms with E-state index in [0.29, 0.717) is 30.7 Å². The van der Waals surface area contributed by atoms with Crippen LogP contribution >= 0.6 is 0 Å². The van der Waals surface area contributed by atoms with Crippen molar-refractivity contribution in [1.29, 1.82) is 0 Å². The quantitative estimate of drug-likeness (QED) is 0.758. The molecule has 27 heavy (non-hydrogen) atoms. The van der Waals surface area contributed by atoms with E-state index >= 15 is 0 Å². The van der Waals surface area contributed by atoms with E-state index in [1.807, 2.05) is 0 Å². The number of carbonyl (C=O) groups excluding carboxylic acids is 3. The van der Waals surface area contributed by atoms with Crippen molar-refractivity contribution in [2.24, 2.45) is 28.6 Å². The van der Waals surface area contributed by atoms with Gasteiger partial charge in [-0.05, 0) is 55.9 Å². The molecule has 1 aliphatic heterocycles. The van der Waals surface area contributed by atoms with Crippen LogP contribution in [0.4, 0.5) is 0 Å². The van der Waals surface area contributed by atoms with Gasteiger partial charge in [-0.2, -0.15) is 0 Å². The highest BCUT2D eigenvalue weighted by Crippen LogP contribution is 2.66. The van der Waals surface area contributed by atoms with Crippen LogP contribution in [0.1, 0.15) is 53.4 Å². The minimum atomic E-state index is -1.000. The van der Waals surface area contributed by atoms with E-state index in [1.54, 1.807) is 13.0 Å². The van der Waals surface area contributed by atoms with E-state index in [0.717, 1.165) is 24.8 Å². The second kappa shape index (κ2) is 5.79. The predicted octanol–water partition coefficient (Wildman–Crippen LogP) is 2.95. The van der Waals surface area contributed by atoms with E-state index in [4.69, 9.17) is 4.74 Å². The van der Waals surface area contributed by atoms with Crippen molar-refractivity contribution in [3.05, 3.63) is 23.8 Å². The Morgan fingerprint density at radius 1 is 1.15 bits per heavy atom. The molecule has 0 bridgehead atoms. The lowest BCUT2D eigenvalue weighted by molar-refractivity contribution is -0.185. The lowest BCUT2D eigenvalue weighted by atomic mass is 9.49. The zero-order valence-electron chi connectivity index (χ0n) is 16.6. The summed E-state index contributed by atoms with van der Waals surface area (Å²) in [5.41, 5.74) is -0.296. The minimum Gasteiger partial charge on any atom is -0.451 e. The molecule has 0 aromatic carbocycles. The van der Waals surface area contributed by atoms with Crippen LogP contribution in [0.3, 0.4) is 0 Å². The van der Waals surface area contributed by atoms with Gasteiger partial charge in [0, 0.05) is 30.4 Å². The molecule has 0 radical (unpaired) electrons. The fourth-order valence-corrected chi connectivity index (χ4v) is 6.80. The second-order valence-electron chi connectivity index (χ2n) is 9.36. The average Bonchev–Trinajstić information content (AvgIpc) is 2.89. The number of Topliss-reactive ketones (excluding diaryl/α,β-unsaturated/α-hetero) is 1. The summed E-state index contributed by atoms with van der Waals surface area (Å²) in [4.78, 5) is 36.4. The summed E-state index contributed by atoms with van der Waals surface area (Å²) in [6.07, 6.45) is 9.41. The maximum atomic E-state index is 12.7. The fourth-order valence-electron chi connectivity index (χ4n) is 6.80. The molecule has 2 saturated carbocycles. The summed E-state index contributed by atoms with van der Waals surface area (Å²) < 4.78 is 5.78. The van der Waals surface area contributed by atoms with Gasteiger partial charge in [-0.15, -0.1) is 0 Å². The maximum Gasteiger partial charge on any atom is 0.303 e. The Bertz CT molecular complexity index is 783. The number of hydrogen-bond acceptors (Lipinski definition) is 4. The molecule has 4 rings (SSSR count). The number of carbonyl (C=O) groups is 3. The Labute approximate surface area is 160 Å². The molecule has 4 aliphatic rings. The Balaban J connectivity index is 1.75. The molecule has 0 spiro atoms. The number of fused-ring (bicyclic) bond motifs is 5. The summed E-state index contributed by atoms with van der Waals surface area (Å²) in [6, 6.07) is 0. The molecule has 0 aromatic rings. The van der Waals surface area contributed by atoms with Crippen molar-refractivity contribution in [1.82, 2.24) is 5.32 Å². The van der Waals surface area contributed by atoms with Crippen LogP contribution < -0.4 is 5.32 Å². The Morgan fingerprint density at radius 3 is 2.52 bits per heavy atom. The minimum absolute atomic E-state index is 0.0162. The van der Waals surface area contributed by atoms with Gasteiger partial charge in [0.1, 0.15) is 0 Å². The molecule has 146 valence electrons. The molecule has 0 saturated heterocycles. The van der Waals surface area contributed by atoms with Gasteiger partial charge in [-0.3, -0.25) is 14.4 Å². The topological polar surface area (TPSA) is 72.5 Å². The number of esters is 1. The van der Waals surface area contributed by atoms with E-state index in [1.165, 1.54) is 6.92 Å². The summed E-state index contributed by atoms with van der Waals surface area (Å²) in [7, 11) is 0. The van der Waals surface area contributed by atoms with Crippen LogP contribution in [0.5, 0.6) is 0 Å². The standard InChI is InChI=1S/C22H29NO4/c1-13(24)22(27-14(2)25)10-8-18-16-6-5-15-11-19(26)23-12-20(15,3)17(16)7-9-21(18,22)4/h5-6,11,16-18H,7-10,12H2,1-4H3,(H,23,26)/t16-,17+,18+,20+,21+,22+/m1/s1. The first-order valence-corrected chi connectivity index (χ1v) is 10.0. The summed E-state index contributed by atoms with van der Waals surface area (Å²) in [5, 5.41) is 3.01. The van der Waals surface area contributed by atoms with Gasteiger partial charge >= 0.3 is 5.97 Å². The van der Waals surface area contributed by atoms with Crippen LogP contribution in [0.2, 0.25) is 0 Å². The van der Waals surface area contributed by atoms with Gasteiger partial charge in [0.2, 0.25) is 5.91 Å². The van der Waals surface area contributed by atoms with E-state index in [-0.39, 0.29) is 28.5 Å². The van der Waals surface area contributed by atoms with Crippen LogP contribution in [0, 0.1) is 28.6 Å². The third-order valence-corrected chi connectivity index (χ3v) is 8.23. The monoisotopic (exact) mass is 371 g/mol.